The Bertz CT molecular complexity index is 469. The van der Waals surface area contributed by atoms with Gasteiger partial charge in [0.05, 0.1) is 0 Å². The molecule has 2 rings (SSSR count). The van der Waals surface area contributed by atoms with Crippen molar-refractivity contribution in [2.24, 2.45) is 5.84 Å². The van der Waals surface area contributed by atoms with Gasteiger partial charge in [0, 0.05) is 11.8 Å². The Hall–Kier alpha value is -2.14. The van der Waals surface area contributed by atoms with Crippen molar-refractivity contribution in [3.63, 3.8) is 0 Å². The van der Waals surface area contributed by atoms with Crippen LogP contribution < -0.4 is 16.6 Å². The molecule has 0 aliphatic rings. The van der Waals surface area contributed by atoms with Crippen molar-refractivity contribution >= 4 is 17.3 Å². The van der Waals surface area contributed by atoms with Crippen molar-refractivity contribution in [2.75, 3.05) is 10.7 Å². The Morgan fingerprint density at radius 2 is 1.75 bits per heavy atom. The molecule has 82 valence electrons. The van der Waals surface area contributed by atoms with Crippen LogP contribution in [0, 0.1) is 6.92 Å². The second-order valence-electron chi connectivity index (χ2n) is 3.32. The van der Waals surface area contributed by atoms with E-state index in [4.69, 9.17) is 5.84 Å². The summed E-state index contributed by atoms with van der Waals surface area (Å²) < 4.78 is 0. The van der Waals surface area contributed by atoms with Crippen LogP contribution in [0.4, 0.5) is 17.3 Å². The summed E-state index contributed by atoms with van der Waals surface area (Å²) in [7, 11) is 0. The molecule has 0 bridgehead atoms. The number of nitrogen functional groups attached to an aromatic ring is 1. The topological polar surface area (TPSA) is 75.9 Å². The number of benzene rings is 1. The predicted molar refractivity (Wildman–Crippen MR) is 64.3 cm³/mol. The summed E-state index contributed by atoms with van der Waals surface area (Å²) in [5.74, 6) is 7.28. The number of nitrogens with zero attached hydrogens (tertiary/aromatic N) is 2. The number of para-hydroxylation sites is 1. The molecule has 1 aromatic carbocycles. The highest BCUT2D eigenvalue weighted by atomic mass is 15.3. The van der Waals surface area contributed by atoms with Crippen LogP contribution in [-0.2, 0) is 0 Å². The van der Waals surface area contributed by atoms with Gasteiger partial charge in [0.2, 0.25) is 0 Å². The van der Waals surface area contributed by atoms with Crippen LogP contribution in [0.2, 0.25) is 0 Å². The van der Waals surface area contributed by atoms with E-state index >= 15 is 0 Å². The van der Waals surface area contributed by atoms with Gasteiger partial charge in [-0.3, -0.25) is 0 Å². The number of hydrazine groups is 1. The van der Waals surface area contributed by atoms with E-state index in [1.165, 1.54) is 0 Å². The molecule has 5 nitrogen and oxygen atoms in total. The van der Waals surface area contributed by atoms with Crippen LogP contribution >= 0.6 is 0 Å². The minimum absolute atomic E-state index is 0.589. The summed E-state index contributed by atoms with van der Waals surface area (Å²) >= 11 is 0. The highest BCUT2D eigenvalue weighted by molar-refractivity contribution is 5.58. The van der Waals surface area contributed by atoms with Crippen LogP contribution in [0.25, 0.3) is 0 Å². The van der Waals surface area contributed by atoms with Crippen molar-refractivity contribution in [1.82, 2.24) is 9.97 Å². The number of aryl methyl sites for hydroxylation is 1. The first-order valence-corrected chi connectivity index (χ1v) is 4.92. The van der Waals surface area contributed by atoms with E-state index in [1.54, 1.807) is 6.07 Å². The third kappa shape index (κ3) is 2.46. The molecule has 1 heterocycles. The molecular formula is C11H13N5. The number of hydrogen-bond acceptors (Lipinski definition) is 5. The molecule has 0 aliphatic heterocycles. The van der Waals surface area contributed by atoms with Crippen molar-refractivity contribution in [2.45, 2.75) is 6.92 Å². The van der Waals surface area contributed by atoms with Crippen LogP contribution in [0.3, 0.4) is 0 Å². The lowest BCUT2D eigenvalue weighted by Crippen LogP contribution is -2.10. The number of anilines is 3. The Morgan fingerprint density at radius 3 is 2.44 bits per heavy atom. The van der Waals surface area contributed by atoms with E-state index in [0.29, 0.717) is 17.5 Å². The van der Waals surface area contributed by atoms with Gasteiger partial charge in [0.1, 0.15) is 17.5 Å². The maximum absolute atomic E-state index is 5.31. The van der Waals surface area contributed by atoms with E-state index in [2.05, 4.69) is 20.7 Å². The summed E-state index contributed by atoms with van der Waals surface area (Å²) in [4.78, 5) is 8.37. The van der Waals surface area contributed by atoms with Gasteiger partial charge in [-0.1, -0.05) is 18.2 Å². The molecular weight excluding hydrogens is 202 g/mol. The lowest BCUT2D eigenvalue weighted by atomic mass is 10.3. The summed E-state index contributed by atoms with van der Waals surface area (Å²) in [6, 6.07) is 11.6. The van der Waals surface area contributed by atoms with Crippen LogP contribution in [-0.4, -0.2) is 9.97 Å². The van der Waals surface area contributed by atoms with Crippen molar-refractivity contribution in [1.29, 1.82) is 0 Å². The smallest absolute Gasteiger partial charge is 0.145 e. The quantitative estimate of drug-likeness (QED) is 0.537. The molecule has 2 aromatic rings. The first-order valence-electron chi connectivity index (χ1n) is 4.92. The molecule has 0 amide bonds. The van der Waals surface area contributed by atoms with Gasteiger partial charge in [-0.2, -0.15) is 0 Å². The number of rotatable bonds is 3. The van der Waals surface area contributed by atoms with Crippen LogP contribution in [0.5, 0.6) is 0 Å². The fraction of sp³-hybridized carbons (Fsp3) is 0.0909. The number of nitrogens with one attached hydrogen (secondary N) is 2. The van der Waals surface area contributed by atoms with Gasteiger partial charge >= 0.3 is 0 Å². The van der Waals surface area contributed by atoms with Gasteiger partial charge in [0.25, 0.3) is 0 Å². The fourth-order valence-electron chi connectivity index (χ4n) is 1.38. The lowest BCUT2D eigenvalue weighted by Gasteiger charge is -2.07. The minimum atomic E-state index is 0.589. The molecule has 0 fully saturated rings. The highest BCUT2D eigenvalue weighted by Crippen LogP contribution is 2.16. The summed E-state index contributed by atoms with van der Waals surface area (Å²) in [5, 5.41) is 3.17. The molecule has 0 saturated heterocycles. The lowest BCUT2D eigenvalue weighted by molar-refractivity contribution is 1.05. The number of aromatic nitrogens is 2. The van der Waals surface area contributed by atoms with E-state index in [1.807, 2.05) is 37.3 Å². The monoisotopic (exact) mass is 215 g/mol. The Kier molecular flexibility index (Phi) is 2.98. The number of nitrogens with two attached hydrogens (primary N) is 1. The second-order valence-corrected chi connectivity index (χ2v) is 3.32. The third-order valence-corrected chi connectivity index (χ3v) is 2.03. The second kappa shape index (κ2) is 4.59. The molecule has 0 radical (unpaired) electrons. The zero-order valence-electron chi connectivity index (χ0n) is 8.94. The molecule has 0 spiro atoms. The molecule has 0 saturated carbocycles. The Balaban J connectivity index is 2.24. The SMILES string of the molecule is Cc1nc(NN)cc(Nc2ccccc2)n1. The minimum Gasteiger partial charge on any atom is -0.340 e. The molecule has 0 atom stereocenters. The third-order valence-electron chi connectivity index (χ3n) is 2.03. The van der Waals surface area contributed by atoms with E-state index in [9.17, 15) is 0 Å². The maximum Gasteiger partial charge on any atom is 0.145 e. The zero-order valence-corrected chi connectivity index (χ0v) is 8.94. The number of hydrogen-bond donors (Lipinski definition) is 3. The van der Waals surface area contributed by atoms with Gasteiger partial charge in [-0.05, 0) is 19.1 Å². The summed E-state index contributed by atoms with van der Waals surface area (Å²) in [6.07, 6.45) is 0. The zero-order chi connectivity index (χ0) is 11.4. The van der Waals surface area contributed by atoms with E-state index < -0.39 is 0 Å². The normalized spacial score (nSPS) is 9.88. The molecule has 16 heavy (non-hydrogen) atoms. The standard InChI is InChI=1S/C11H13N5/c1-8-13-10(7-11(14-8)16-12)15-9-5-3-2-4-6-9/h2-7H,12H2,1H3,(H2,13,14,15,16). The average molecular weight is 215 g/mol. The van der Waals surface area contributed by atoms with Crippen molar-refractivity contribution in [3.05, 3.63) is 42.2 Å². The van der Waals surface area contributed by atoms with Gasteiger partial charge in [0.15, 0.2) is 0 Å². The van der Waals surface area contributed by atoms with E-state index in [-0.39, 0.29) is 0 Å². The Morgan fingerprint density at radius 1 is 1.06 bits per heavy atom. The van der Waals surface area contributed by atoms with Gasteiger partial charge < -0.3 is 10.7 Å². The molecule has 4 N–H and O–H groups in total. The van der Waals surface area contributed by atoms with Crippen molar-refractivity contribution in [3.8, 4) is 0 Å². The first-order chi connectivity index (χ1) is 7.78. The highest BCUT2D eigenvalue weighted by Gasteiger charge is 2.00. The largest absolute Gasteiger partial charge is 0.340 e. The summed E-state index contributed by atoms with van der Waals surface area (Å²) in [6.45, 7) is 1.82. The maximum atomic E-state index is 5.31. The predicted octanol–water partition coefficient (Wildman–Crippen LogP) is 1.81. The molecule has 1 aromatic heterocycles. The average Bonchev–Trinajstić information content (AvgIpc) is 2.29. The van der Waals surface area contributed by atoms with Gasteiger partial charge in [-0.15, -0.1) is 0 Å². The summed E-state index contributed by atoms with van der Waals surface area (Å²) in [5.41, 5.74) is 3.48. The van der Waals surface area contributed by atoms with Crippen LogP contribution in [0.15, 0.2) is 36.4 Å². The molecule has 0 unspecified atom stereocenters. The van der Waals surface area contributed by atoms with Gasteiger partial charge in [-0.25, -0.2) is 15.8 Å². The molecule has 0 aliphatic carbocycles. The fourth-order valence-corrected chi connectivity index (χ4v) is 1.38. The van der Waals surface area contributed by atoms with Crippen molar-refractivity contribution < 1.29 is 0 Å². The molecule has 5 heteroatoms. The Labute approximate surface area is 93.7 Å². The first kappa shape index (κ1) is 10.4. The van der Waals surface area contributed by atoms with Crippen LogP contribution in [0.1, 0.15) is 5.82 Å². The van der Waals surface area contributed by atoms with E-state index in [0.717, 1.165) is 5.69 Å².